The molecule has 0 aromatic carbocycles. The lowest BCUT2D eigenvalue weighted by Gasteiger charge is -2.24. The number of rotatable bonds is 3. The molecule has 0 radical (unpaired) electrons. The van der Waals surface area contributed by atoms with Crippen molar-refractivity contribution in [3.8, 4) is 0 Å². The Labute approximate surface area is 123 Å². The second kappa shape index (κ2) is 5.76. The summed E-state index contributed by atoms with van der Waals surface area (Å²) in [5.74, 6) is 0.389. The van der Waals surface area contributed by atoms with Crippen LogP contribution in [0.5, 0.6) is 0 Å². The summed E-state index contributed by atoms with van der Waals surface area (Å²) in [7, 11) is 0. The van der Waals surface area contributed by atoms with E-state index in [1.807, 2.05) is 6.20 Å². The van der Waals surface area contributed by atoms with E-state index in [1.165, 1.54) is 12.1 Å². The van der Waals surface area contributed by atoms with E-state index in [4.69, 9.17) is 14.3 Å². The van der Waals surface area contributed by atoms with E-state index >= 15 is 0 Å². The fraction of sp³-hybridized carbons (Fsp3) is 0.364. The Morgan fingerprint density at radius 2 is 2.24 bits per heavy atom. The molecule has 1 aromatic heterocycles. The van der Waals surface area contributed by atoms with Gasteiger partial charge in [-0.2, -0.15) is 0 Å². The lowest BCUT2D eigenvalue weighted by molar-refractivity contribution is -0.402. The summed E-state index contributed by atoms with van der Waals surface area (Å²) in [5.41, 5.74) is 0. The highest BCUT2D eigenvalue weighted by Gasteiger charge is 2.35. The van der Waals surface area contributed by atoms with Crippen LogP contribution in [0.15, 0.2) is 32.2 Å². The fourth-order valence-electron chi connectivity index (χ4n) is 1.96. The van der Waals surface area contributed by atoms with Crippen molar-refractivity contribution in [2.45, 2.75) is 0 Å². The van der Waals surface area contributed by atoms with Crippen LogP contribution in [0.3, 0.4) is 0 Å². The largest absolute Gasteiger partial charge is 0.433 e. The van der Waals surface area contributed by atoms with Crippen LogP contribution in [0.4, 0.5) is 5.88 Å². The van der Waals surface area contributed by atoms with Crippen molar-refractivity contribution in [1.82, 2.24) is 10.2 Å². The van der Waals surface area contributed by atoms with Gasteiger partial charge in [-0.05, 0) is 10.5 Å². The molecule has 112 valence electrons. The monoisotopic (exact) mass is 312 g/mol. The zero-order chi connectivity index (χ0) is 14.8. The Morgan fingerprint density at radius 1 is 1.48 bits per heavy atom. The van der Waals surface area contributed by atoms with Crippen molar-refractivity contribution in [2.24, 2.45) is 9.54 Å². The van der Waals surface area contributed by atoms with Gasteiger partial charge in [0.05, 0.1) is 25.5 Å². The molecule has 0 amide bonds. The van der Waals surface area contributed by atoms with E-state index in [0.717, 1.165) is 18.1 Å². The van der Waals surface area contributed by atoms with Gasteiger partial charge in [-0.1, -0.05) is 0 Å². The minimum Gasteiger partial charge on any atom is -0.397 e. The Bertz CT molecular complexity index is 608. The standard InChI is InChI=1S/C11H13N5O4S/c12-21-9(7-15-3-5-19-6-4-15)13-11(14-21)8-1-2-10(20-8)16(17)18/h1-2,7,12H,3-6H2,(H,13,14)/p+1. The van der Waals surface area contributed by atoms with E-state index in [9.17, 15) is 10.1 Å². The van der Waals surface area contributed by atoms with Crippen molar-refractivity contribution in [2.75, 3.05) is 26.3 Å². The summed E-state index contributed by atoms with van der Waals surface area (Å²) < 4.78 is 14.6. The van der Waals surface area contributed by atoms with Crippen LogP contribution in [0.1, 0.15) is 5.76 Å². The SMILES string of the molecule is N[S+]1N=C(c2ccc([N+](=O)[O-])o2)NC1=CN1CCOCC1. The predicted molar refractivity (Wildman–Crippen MR) is 77.1 cm³/mol. The lowest BCUT2D eigenvalue weighted by Crippen LogP contribution is -2.34. The maximum atomic E-state index is 10.6. The van der Waals surface area contributed by atoms with Crippen molar-refractivity contribution in [3.05, 3.63) is 39.2 Å². The first kappa shape index (κ1) is 13.9. The first-order valence-electron chi connectivity index (χ1n) is 6.26. The zero-order valence-corrected chi connectivity index (χ0v) is 11.8. The van der Waals surface area contributed by atoms with Crippen molar-refractivity contribution in [1.29, 1.82) is 0 Å². The topological polar surface area (TPSA) is 119 Å². The van der Waals surface area contributed by atoms with Gasteiger partial charge in [-0.25, -0.2) is 0 Å². The van der Waals surface area contributed by atoms with E-state index in [2.05, 4.69) is 14.6 Å². The van der Waals surface area contributed by atoms with Gasteiger partial charge in [-0.3, -0.25) is 15.4 Å². The summed E-state index contributed by atoms with van der Waals surface area (Å²) in [4.78, 5) is 12.1. The third-order valence-corrected chi connectivity index (χ3v) is 4.04. The molecule has 1 unspecified atom stereocenters. The normalized spacial score (nSPS) is 24.0. The minimum atomic E-state index is -0.819. The minimum absolute atomic E-state index is 0.301. The number of ether oxygens (including phenoxy) is 1. The third-order valence-electron chi connectivity index (χ3n) is 3.01. The molecule has 2 aliphatic heterocycles. The van der Waals surface area contributed by atoms with Gasteiger partial charge in [0.1, 0.15) is 4.92 Å². The number of morpholine rings is 1. The molecule has 3 heterocycles. The average Bonchev–Trinajstić information content (AvgIpc) is 3.08. The molecule has 3 N–H and O–H groups in total. The number of nitrogens with two attached hydrogens (primary N) is 1. The van der Waals surface area contributed by atoms with Gasteiger partial charge in [0.15, 0.2) is 5.76 Å². The fourth-order valence-corrected chi connectivity index (χ4v) is 2.85. The van der Waals surface area contributed by atoms with Gasteiger partial charge in [0, 0.05) is 13.1 Å². The van der Waals surface area contributed by atoms with Gasteiger partial charge in [-0.15, -0.1) is 5.14 Å². The summed E-state index contributed by atoms with van der Waals surface area (Å²) in [6.07, 6.45) is 1.92. The first-order valence-corrected chi connectivity index (χ1v) is 7.51. The maximum Gasteiger partial charge on any atom is 0.433 e. The molecule has 0 bridgehead atoms. The summed E-state index contributed by atoms with van der Waals surface area (Å²) in [5, 5.41) is 20.4. The molecule has 3 rings (SSSR count). The second-order valence-electron chi connectivity index (χ2n) is 4.42. The molecule has 2 aliphatic rings. The van der Waals surface area contributed by atoms with Crippen molar-refractivity contribution >= 4 is 23.0 Å². The number of nitrogens with zero attached hydrogens (tertiary/aromatic N) is 3. The number of hydrogen-bond donors (Lipinski definition) is 2. The second-order valence-corrected chi connectivity index (χ2v) is 5.67. The molecular weight excluding hydrogens is 298 g/mol. The van der Waals surface area contributed by atoms with E-state index < -0.39 is 16.2 Å². The van der Waals surface area contributed by atoms with Crippen LogP contribution in [0, 0.1) is 10.1 Å². The molecule has 10 heteroatoms. The van der Waals surface area contributed by atoms with E-state index in [0.29, 0.717) is 24.8 Å². The number of hydrogen-bond acceptors (Lipinski definition) is 8. The smallest absolute Gasteiger partial charge is 0.397 e. The number of nitrogens with one attached hydrogen (secondary N) is 1. The molecule has 1 fully saturated rings. The van der Waals surface area contributed by atoms with Crippen LogP contribution in [-0.2, 0) is 16.0 Å². The predicted octanol–water partition coefficient (Wildman–Crippen LogP) is 0.0757. The highest BCUT2D eigenvalue weighted by atomic mass is 32.2. The molecular formula is C11H14N5O4S+. The van der Waals surface area contributed by atoms with Crippen LogP contribution < -0.4 is 10.5 Å². The van der Waals surface area contributed by atoms with Gasteiger partial charge in [0.2, 0.25) is 5.84 Å². The Morgan fingerprint density at radius 3 is 2.90 bits per heavy atom. The number of furan rings is 1. The third kappa shape index (κ3) is 3.01. The van der Waals surface area contributed by atoms with E-state index in [-0.39, 0.29) is 5.88 Å². The van der Waals surface area contributed by atoms with E-state index in [1.54, 1.807) is 0 Å². The highest BCUT2D eigenvalue weighted by Crippen LogP contribution is 2.21. The summed E-state index contributed by atoms with van der Waals surface area (Å²) in [6, 6.07) is 2.79. The average molecular weight is 312 g/mol. The highest BCUT2D eigenvalue weighted by molar-refractivity contribution is 7.97. The van der Waals surface area contributed by atoms with Crippen molar-refractivity contribution in [3.63, 3.8) is 0 Å². The maximum absolute atomic E-state index is 10.6. The van der Waals surface area contributed by atoms with Crippen LogP contribution >= 0.6 is 0 Å². The molecule has 1 aromatic rings. The van der Waals surface area contributed by atoms with Crippen LogP contribution in [0.25, 0.3) is 0 Å². The molecule has 21 heavy (non-hydrogen) atoms. The van der Waals surface area contributed by atoms with Gasteiger partial charge < -0.3 is 14.1 Å². The first-order chi connectivity index (χ1) is 10.1. The van der Waals surface area contributed by atoms with Gasteiger partial charge >= 0.3 is 5.88 Å². The molecule has 9 nitrogen and oxygen atoms in total. The number of nitro groups is 1. The Kier molecular flexibility index (Phi) is 3.82. The molecule has 1 atom stereocenters. The molecule has 0 spiro atoms. The molecule has 1 saturated heterocycles. The number of amidine groups is 1. The van der Waals surface area contributed by atoms with Crippen LogP contribution in [0.2, 0.25) is 0 Å². The Balaban J connectivity index is 1.73. The van der Waals surface area contributed by atoms with Crippen molar-refractivity contribution < 1.29 is 14.1 Å². The quantitative estimate of drug-likeness (QED) is 0.460. The lowest BCUT2D eigenvalue weighted by atomic mass is 10.4. The summed E-state index contributed by atoms with van der Waals surface area (Å²) in [6.45, 7) is 2.95. The van der Waals surface area contributed by atoms with Gasteiger partial charge in [0.25, 0.3) is 16.3 Å². The summed E-state index contributed by atoms with van der Waals surface area (Å²) >= 11 is -0.819. The molecule has 0 saturated carbocycles. The zero-order valence-electron chi connectivity index (χ0n) is 11.0. The molecule has 0 aliphatic carbocycles. The van der Waals surface area contributed by atoms with Crippen LogP contribution in [-0.4, -0.2) is 42.0 Å². The Hall–Kier alpha value is -2.04.